The summed E-state index contributed by atoms with van der Waals surface area (Å²) in [6, 6.07) is 14.7. The van der Waals surface area contributed by atoms with Crippen LogP contribution in [0.2, 0.25) is 0 Å². The Morgan fingerprint density at radius 2 is 1.81 bits per heavy atom. The molecular formula is C54H70N6O7S2. The van der Waals surface area contributed by atoms with Crippen LogP contribution < -0.4 is 20.3 Å². The number of fused-ring (bicyclic) bond motifs is 3. The molecule has 0 spiro atoms. The first-order chi connectivity index (χ1) is 32.8. The Bertz CT molecular complexity index is 2660. The van der Waals surface area contributed by atoms with Gasteiger partial charge in [-0.05, 0) is 120 Å². The van der Waals surface area contributed by atoms with Gasteiger partial charge in [0.1, 0.15) is 23.2 Å². The van der Waals surface area contributed by atoms with E-state index in [0.717, 1.165) is 54.1 Å². The van der Waals surface area contributed by atoms with Crippen molar-refractivity contribution in [3.63, 3.8) is 0 Å². The molecule has 2 aliphatic carbocycles. The van der Waals surface area contributed by atoms with Crippen molar-refractivity contribution in [1.82, 2.24) is 25.2 Å². The van der Waals surface area contributed by atoms with Crippen molar-refractivity contribution in [3.05, 3.63) is 99.6 Å². The third kappa shape index (κ3) is 11.4. The molecule has 69 heavy (non-hydrogen) atoms. The van der Waals surface area contributed by atoms with E-state index >= 15 is 0 Å². The highest BCUT2D eigenvalue weighted by Gasteiger charge is 2.61. The van der Waals surface area contributed by atoms with Crippen molar-refractivity contribution in [2.24, 2.45) is 5.41 Å². The molecular weight excluding hydrogens is 909 g/mol. The molecule has 4 atom stereocenters. The van der Waals surface area contributed by atoms with E-state index in [9.17, 15) is 27.6 Å². The van der Waals surface area contributed by atoms with Crippen molar-refractivity contribution in [2.75, 3.05) is 11.4 Å². The van der Waals surface area contributed by atoms with E-state index in [1.165, 1.54) is 20.9 Å². The number of amides is 4. The molecule has 1 saturated heterocycles. The number of nitrogens with zero attached hydrogens (tertiary/aromatic N) is 3. The van der Waals surface area contributed by atoms with Gasteiger partial charge < -0.3 is 25.2 Å². The summed E-state index contributed by atoms with van der Waals surface area (Å²) >= 11 is 1.70. The van der Waals surface area contributed by atoms with Gasteiger partial charge in [-0.15, -0.1) is 17.1 Å². The summed E-state index contributed by atoms with van der Waals surface area (Å²) in [5.74, 6) is -1.41. The van der Waals surface area contributed by atoms with Gasteiger partial charge in [-0.2, -0.15) is 0 Å². The van der Waals surface area contributed by atoms with E-state index in [1.807, 2.05) is 12.1 Å². The zero-order valence-electron chi connectivity index (χ0n) is 41.4. The number of carbonyl (C=O) groups is 4. The molecule has 3 aliphatic heterocycles. The number of carbonyl (C=O) groups excluding carboxylic acids is 4. The zero-order chi connectivity index (χ0) is 49.3. The molecule has 4 amide bonds. The number of benzene rings is 2. The summed E-state index contributed by atoms with van der Waals surface area (Å²) in [5.41, 5.74) is 7.63. The van der Waals surface area contributed by atoms with Crippen LogP contribution in [0.25, 0.3) is 10.6 Å². The van der Waals surface area contributed by atoms with Crippen LogP contribution in [0.15, 0.2) is 77.9 Å². The highest BCUT2D eigenvalue weighted by atomic mass is 32.2. The van der Waals surface area contributed by atoms with E-state index < -0.39 is 50.3 Å². The second-order valence-electron chi connectivity index (χ2n) is 21.5. The summed E-state index contributed by atoms with van der Waals surface area (Å²) < 4.78 is 34.9. The molecule has 3 fully saturated rings. The zero-order valence-corrected chi connectivity index (χ0v) is 43.0. The molecule has 3 N–H and O–H groups in total. The minimum atomic E-state index is -4.02. The number of rotatable bonds is 13. The first-order valence-corrected chi connectivity index (χ1v) is 27.3. The van der Waals surface area contributed by atoms with Gasteiger partial charge >= 0.3 is 0 Å². The van der Waals surface area contributed by atoms with Crippen molar-refractivity contribution in [1.29, 1.82) is 0 Å². The number of thiazole rings is 1. The normalized spacial score (nSPS) is 23.8. The second kappa shape index (κ2) is 20.2. The van der Waals surface area contributed by atoms with Gasteiger partial charge in [0.25, 0.3) is 5.91 Å². The number of aryl methyl sites for hydroxylation is 1. The molecule has 1 aromatic heterocycles. The van der Waals surface area contributed by atoms with E-state index in [2.05, 4.69) is 116 Å². The maximum absolute atomic E-state index is 15.0. The van der Waals surface area contributed by atoms with Crippen molar-refractivity contribution < 1.29 is 32.3 Å². The van der Waals surface area contributed by atoms with Crippen LogP contribution in [-0.4, -0.2) is 83.0 Å². The molecule has 13 nitrogen and oxygen atoms in total. The van der Waals surface area contributed by atoms with Crippen LogP contribution in [0.1, 0.15) is 147 Å². The lowest BCUT2D eigenvalue weighted by atomic mass is 9.90. The monoisotopic (exact) mass is 978 g/mol. The lowest BCUT2D eigenvalue weighted by Crippen LogP contribution is -2.58. The number of nitrogens with one attached hydrogen (secondary N) is 3. The van der Waals surface area contributed by atoms with Crippen LogP contribution in [0, 0.1) is 12.3 Å². The number of anilines is 1. The minimum absolute atomic E-state index is 0.0367. The van der Waals surface area contributed by atoms with Gasteiger partial charge in [-0.1, -0.05) is 76.1 Å². The Kier molecular flexibility index (Phi) is 14.7. The van der Waals surface area contributed by atoms with Crippen LogP contribution in [0.4, 0.5) is 5.69 Å². The molecule has 370 valence electrons. The Labute approximate surface area is 412 Å². The molecule has 2 saturated carbocycles. The largest absolute Gasteiger partial charge is 0.474 e. The lowest BCUT2D eigenvalue weighted by molar-refractivity contribution is -0.142. The van der Waals surface area contributed by atoms with Crippen LogP contribution in [0.3, 0.4) is 0 Å². The van der Waals surface area contributed by atoms with Crippen LogP contribution >= 0.6 is 11.3 Å². The molecule has 15 heteroatoms. The smallest absolute Gasteiger partial charge is 0.264 e. The summed E-state index contributed by atoms with van der Waals surface area (Å²) in [6.07, 6.45) is 11.6. The number of hydrogen-bond donors (Lipinski definition) is 3. The predicted octanol–water partition coefficient (Wildman–Crippen LogP) is 8.70. The maximum Gasteiger partial charge on any atom is 0.264 e. The number of sulfonamides is 1. The van der Waals surface area contributed by atoms with Crippen molar-refractivity contribution in [3.8, 4) is 10.6 Å². The standard InChI is InChI=1S/C54H70N6O7S2/c1-35(2)60-44-25-16-23-41(49-56-43(36(3)68-49)31-37-19-12-11-13-20-37)40(44)22-17-27-47(60)67-39-32-45-48(62)57-54(51(64)58-69(65,66)53(7)29-30-53)33-38(54)21-14-9-8-10-15-24-42(50(63)59(45)34-39)55-46(61)26-18-28-52(4,5)6/h11-14,16,19-20,23,25,27,35,39,42,45H,8-10,15,17-18,22,24,26,28-34H2,1-7H3,(H,55,61)(H,57,62)(H,58,64)/t21?,39-,42+,45+,54-/m1/s1. The average Bonchev–Trinajstić information content (AvgIpc) is 4.14. The Hall–Kier alpha value is -5.24. The highest BCUT2D eigenvalue weighted by Crippen LogP contribution is 2.46. The average molecular weight is 979 g/mol. The summed E-state index contributed by atoms with van der Waals surface area (Å²) in [6.45, 7) is 14.4. The first kappa shape index (κ1) is 50.2. The maximum atomic E-state index is 15.0. The Morgan fingerprint density at radius 1 is 1.04 bits per heavy atom. The first-order valence-electron chi connectivity index (χ1n) is 25.0. The van der Waals surface area contributed by atoms with E-state index in [4.69, 9.17) is 9.72 Å². The van der Waals surface area contributed by atoms with Gasteiger partial charge in [0.15, 0.2) is 11.4 Å². The van der Waals surface area contributed by atoms with Gasteiger partial charge in [-0.25, -0.2) is 13.4 Å². The minimum Gasteiger partial charge on any atom is -0.474 e. The van der Waals surface area contributed by atoms with Gasteiger partial charge in [0.05, 0.1) is 17.0 Å². The SMILES string of the molecule is Cc1sc(-c2cccc3c2CCC=C(O[C@@H]2C[C@H]4C(=O)N[C@]5(C(=O)NS(=O)(=O)C6(C)CC6)CC5=C=CCCCCC[C@H](NC(=O)CCCC(C)(C)C)C(=O)N4C2)N3C(C)C)nc1Cc1ccccc1. The van der Waals surface area contributed by atoms with E-state index in [1.54, 1.807) is 18.3 Å². The molecule has 0 radical (unpaired) electrons. The van der Waals surface area contributed by atoms with E-state index in [-0.39, 0.29) is 49.1 Å². The summed E-state index contributed by atoms with van der Waals surface area (Å²) in [7, 11) is -4.02. The van der Waals surface area contributed by atoms with Gasteiger partial charge in [0, 0.05) is 53.4 Å². The second-order valence-corrected chi connectivity index (χ2v) is 24.9. The fraction of sp³-hybridized carbons (Fsp3) is 0.556. The molecule has 0 bridgehead atoms. The Morgan fingerprint density at radius 3 is 2.54 bits per heavy atom. The number of aromatic nitrogens is 1. The number of hydrogen-bond acceptors (Lipinski definition) is 10. The third-order valence-corrected chi connectivity index (χ3v) is 17.5. The predicted molar refractivity (Wildman–Crippen MR) is 271 cm³/mol. The topological polar surface area (TPSA) is 167 Å². The lowest BCUT2D eigenvalue weighted by Gasteiger charge is -2.33. The number of allylic oxidation sites excluding steroid dienone is 1. The van der Waals surface area contributed by atoms with Crippen molar-refractivity contribution in [2.45, 2.75) is 179 Å². The fourth-order valence-electron chi connectivity index (χ4n) is 9.83. The molecule has 4 heterocycles. The van der Waals surface area contributed by atoms with E-state index in [0.29, 0.717) is 56.4 Å². The summed E-state index contributed by atoms with van der Waals surface area (Å²) in [4.78, 5) is 67.5. The molecule has 5 aliphatic rings. The van der Waals surface area contributed by atoms with Crippen LogP contribution in [0.5, 0.6) is 0 Å². The Balaban J connectivity index is 1.08. The molecule has 3 aromatic rings. The fourth-order valence-corrected chi connectivity index (χ4v) is 12.1. The third-order valence-electron chi connectivity index (χ3n) is 14.3. The highest BCUT2D eigenvalue weighted by molar-refractivity contribution is 7.91. The quantitative estimate of drug-likeness (QED) is 0.142. The summed E-state index contributed by atoms with van der Waals surface area (Å²) in [5, 5.41) is 6.96. The number of ether oxygens (including phenoxy) is 1. The molecule has 0 unspecified atom stereocenters. The molecule has 8 rings (SSSR count). The molecule has 2 aromatic carbocycles. The van der Waals surface area contributed by atoms with Gasteiger partial charge in [0.2, 0.25) is 27.7 Å². The van der Waals surface area contributed by atoms with Gasteiger partial charge in [-0.3, -0.25) is 23.9 Å². The van der Waals surface area contributed by atoms with Crippen molar-refractivity contribution >= 4 is 50.7 Å². The van der Waals surface area contributed by atoms with Crippen LogP contribution in [-0.2, 0) is 46.8 Å².